The van der Waals surface area contributed by atoms with Crippen molar-refractivity contribution in [3.05, 3.63) is 18.0 Å². The normalized spacial score (nSPS) is 25.0. The third-order valence-corrected chi connectivity index (χ3v) is 6.82. The molecule has 2 N–H and O–H groups in total. The van der Waals surface area contributed by atoms with Gasteiger partial charge in [-0.25, -0.2) is 8.42 Å². The summed E-state index contributed by atoms with van der Waals surface area (Å²) in [4.78, 5) is 11.8. The van der Waals surface area contributed by atoms with Crippen LogP contribution in [0.15, 0.2) is 17.2 Å². The molecule has 0 bridgehead atoms. The Kier molecular flexibility index (Phi) is 4.89. The Morgan fingerprint density at radius 2 is 2.22 bits per heavy atom. The molecule has 1 heterocycles. The molecule has 1 aromatic heterocycles. The van der Waals surface area contributed by atoms with Crippen molar-refractivity contribution in [2.75, 3.05) is 20.7 Å². The van der Waals surface area contributed by atoms with Gasteiger partial charge in [0, 0.05) is 27.3 Å². The Morgan fingerprint density at radius 1 is 1.57 bits per heavy atom. The minimum atomic E-state index is -3.79. The third-order valence-electron chi connectivity index (χ3n) is 4.89. The van der Waals surface area contributed by atoms with E-state index in [1.807, 2.05) is 0 Å². The average Bonchev–Trinajstić information content (AvgIpc) is 3.10. The molecular weight excluding hydrogens is 318 g/mol. The number of hydrogen-bond donors (Lipinski definition) is 2. The van der Waals surface area contributed by atoms with Crippen molar-refractivity contribution in [2.24, 2.45) is 13.0 Å². The summed E-state index contributed by atoms with van der Waals surface area (Å²) < 4.78 is 28.6. The number of nitrogens with zero attached hydrogens (tertiary/aromatic N) is 2. The topological polar surface area (TPSA) is 91.6 Å². The number of carbonyl (C=O) groups excluding carboxylic acids is 1. The average molecular weight is 343 g/mol. The maximum absolute atomic E-state index is 12.9. The van der Waals surface area contributed by atoms with Crippen LogP contribution in [0.5, 0.6) is 0 Å². The van der Waals surface area contributed by atoms with E-state index in [2.05, 4.69) is 12.2 Å². The van der Waals surface area contributed by atoms with Gasteiger partial charge in [-0.3, -0.25) is 4.79 Å². The smallest absolute Gasteiger partial charge is 0.267 e. The largest absolute Gasteiger partial charge is 0.394 e. The molecule has 1 fully saturated rings. The van der Waals surface area contributed by atoms with Crippen molar-refractivity contribution in [1.82, 2.24) is 14.2 Å². The van der Waals surface area contributed by atoms with E-state index in [0.717, 1.165) is 6.42 Å². The van der Waals surface area contributed by atoms with E-state index in [1.165, 1.54) is 35.2 Å². The van der Waals surface area contributed by atoms with Crippen LogP contribution in [0.4, 0.5) is 0 Å². The van der Waals surface area contributed by atoms with Gasteiger partial charge in [-0.05, 0) is 31.2 Å². The number of rotatable bonds is 5. The summed E-state index contributed by atoms with van der Waals surface area (Å²) in [6.07, 6.45) is 3.59. The predicted octanol–water partition coefficient (Wildman–Crippen LogP) is 0.556. The SMILES string of the molecule is CNC(=O)c1cc(S(=O)(=O)N(C)[C@]2(CO)CC[C@H](C)C2)cn1C. The van der Waals surface area contributed by atoms with Crippen molar-refractivity contribution >= 4 is 15.9 Å². The van der Waals surface area contributed by atoms with E-state index >= 15 is 0 Å². The predicted molar refractivity (Wildman–Crippen MR) is 86.6 cm³/mol. The van der Waals surface area contributed by atoms with Crippen LogP contribution in [-0.2, 0) is 17.1 Å². The summed E-state index contributed by atoms with van der Waals surface area (Å²) in [5.41, 5.74) is -0.487. The second-order valence-corrected chi connectivity index (χ2v) is 8.42. The lowest BCUT2D eigenvalue weighted by molar-refractivity contribution is 0.0955. The van der Waals surface area contributed by atoms with Gasteiger partial charge in [0.1, 0.15) is 10.6 Å². The molecule has 2 rings (SSSR count). The van der Waals surface area contributed by atoms with Gasteiger partial charge >= 0.3 is 0 Å². The number of aryl methyl sites for hydroxylation is 1. The summed E-state index contributed by atoms with van der Waals surface area (Å²) in [6, 6.07) is 1.37. The number of sulfonamides is 1. The lowest BCUT2D eigenvalue weighted by Crippen LogP contribution is -2.50. The fourth-order valence-corrected chi connectivity index (χ4v) is 4.94. The molecule has 7 nitrogen and oxygen atoms in total. The summed E-state index contributed by atoms with van der Waals surface area (Å²) in [5.74, 6) is 0.0277. The van der Waals surface area contributed by atoms with E-state index in [1.54, 1.807) is 7.05 Å². The molecule has 1 aliphatic carbocycles. The zero-order chi connectivity index (χ0) is 17.4. The molecule has 1 saturated carbocycles. The standard InChI is InChI=1S/C15H25N3O4S/c1-11-5-6-15(8-11,10-19)18(4)23(21,22)12-7-13(14(20)16-2)17(3)9-12/h7,9,11,19H,5-6,8,10H2,1-4H3,(H,16,20)/t11-,15+/m0/s1. The fourth-order valence-electron chi connectivity index (χ4n) is 3.34. The number of amides is 1. The highest BCUT2D eigenvalue weighted by Gasteiger charge is 2.46. The number of carbonyl (C=O) groups is 1. The van der Waals surface area contributed by atoms with Gasteiger partial charge < -0.3 is 15.0 Å². The Hall–Kier alpha value is -1.38. The van der Waals surface area contributed by atoms with Gasteiger partial charge in [-0.1, -0.05) is 6.92 Å². The molecule has 130 valence electrons. The lowest BCUT2D eigenvalue weighted by atomic mass is 9.98. The van der Waals surface area contributed by atoms with E-state index in [4.69, 9.17) is 0 Å². The highest BCUT2D eigenvalue weighted by molar-refractivity contribution is 7.89. The molecule has 0 aliphatic heterocycles. The van der Waals surface area contributed by atoms with Crippen molar-refractivity contribution in [1.29, 1.82) is 0 Å². The molecule has 0 aromatic carbocycles. The Labute approximate surface area is 137 Å². The summed E-state index contributed by atoms with van der Waals surface area (Å²) in [6.45, 7) is 1.85. The van der Waals surface area contributed by atoms with E-state index in [-0.39, 0.29) is 23.1 Å². The van der Waals surface area contributed by atoms with Crippen LogP contribution >= 0.6 is 0 Å². The number of aromatic nitrogens is 1. The zero-order valence-electron chi connectivity index (χ0n) is 14.0. The van der Waals surface area contributed by atoms with Crippen LogP contribution in [-0.4, -0.2) is 54.5 Å². The highest BCUT2D eigenvalue weighted by Crippen LogP contribution is 2.40. The number of nitrogens with one attached hydrogen (secondary N) is 1. The van der Waals surface area contributed by atoms with E-state index < -0.39 is 15.6 Å². The highest BCUT2D eigenvalue weighted by atomic mass is 32.2. The number of aliphatic hydroxyl groups excluding tert-OH is 1. The summed E-state index contributed by atoms with van der Waals surface area (Å²) in [7, 11) is 0.847. The van der Waals surface area contributed by atoms with Crippen molar-refractivity contribution in [3.63, 3.8) is 0 Å². The molecule has 8 heteroatoms. The first-order chi connectivity index (χ1) is 10.7. The first kappa shape index (κ1) is 18.0. The summed E-state index contributed by atoms with van der Waals surface area (Å²) >= 11 is 0. The summed E-state index contributed by atoms with van der Waals surface area (Å²) in [5, 5.41) is 12.3. The molecule has 2 atom stereocenters. The second kappa shape index (κ2) is 6.26. The second-order valence-electron chi connectivity index (χ2n) is 6.45. The zero-order valence-corrected chi connectivity index (χ0v) is 14.9. The number of likely N-dealkylation sites (N-methyl/N-ethyl adjacent to an activating group) is 1. The minimum absolute atomic E-state index is 0.0634. The molecule has 0 saturated heterocycles. The molecule has 0 radical (unpaired) electrons. The minimum Gasteiger partial charge on any atom is -0.394 e. The Morgan fingerprint density at radius 3 is 2.70 bits per heavy atom. The van der Waals surface area contributed by atoms with Gasteiger partial charge in [0.15, 0.2) is 0 Å². The maximum Gasteiger partial charge on any atom is 0.267 e. The van der Waals surface area contributed by atoms with Crippen LogP contribution in [0.25, 0.3) is 0 Å². The molecule has 1 amide bonds. The molecule has 0 unspecified atom stereocenters. The van der Waals surface area contributed by atoms with Gasteiger partial charge in [-0.15, -0.1) is 0 Å². The molecular formula is C15H25N3O4S. The maximum atomic E-state index is 12.9. The van der Waals surface area contributed by atoms with Crippen LogP contribution < -0.4 is 5.32 Å². The fraction of sp³-hybridized carbons (Fsp3) is 0.667. The van der Waals surface area contributed by atoms with Crippen LogP contribution in [0.2, 0.25) is 0 Å². The molecule has 23 heavy (non-hydrogen) atoms. The van der Waals surface area contributed by atoms with E-state index in [0.29, 0.717) is 18.8 Å². The van der Waals surface area contributed by atoms with Gasteiger partial charge in [0.05, 0.1) is 12.1 Å². The first-order valence-corrected chi connectivity index (χ1v) is 9.10. The first-order valence-electron chi connectivity index (χ1n) is 7.66. The number of hydrogen-bond acceptors (Lipinski definition) is 4. The van der Waals surface area contributed by atoms with Crippen LogP contribution in [0, 0.1) is 5.92 Å². The number of aliphatic hydroxyl groups is 1. The molecule has 1 aliphatic rings. The Balaban J connectivity index is 2.40. The van der Waals surface area contributed by atoms with Gasteiger partial charge in [0.25, 0.3) is 5.91 Å². The molecule has 0 spiro atoms. The quantitative estimate of drug-likeness (QED) is 0.817. The Bertz CT molecular complexity index is 698. The van der Waals surface area contributed by atoms with Crippen molar-refractivity contribution in [2.45, 2.75) is 36.6 Å². The van der Waals surface area contributed by atoms with Crippen LogP contribution in [0.1, 0.15) is 36.7 Å². The van der Waals surface area contributed by atoms with Crippen LogP contribution in [0.3, 0.4) is 0 Å². The third kappa shape index (κ3) is 3.02. The van der Waals surface area contributed by atoms with Gasteiger partial charge in [0.2, 0.25) is 10.0 Å². The van der Waals surface area contributed by atoms with Gasteiger partial charge in [-0.2, -0.15) is 4.31 Å². The van der Waals surface area contributed by atoms with E-state index in [9.17, 15) is 18.3 Å². The van der Waals surface area contributed by atoms with Crippen molar-refractivity contribution in [3.8, 4) is 0 Å². The molecule has 1 aromatic rings. The van der Waals surface area contributed by atoms with Crippen molar-refractivity contribution < 1.29 is 18.3 Å². The lowest BCUT2D eigenvalue weighted by Gasteiger charge is -2.36. The monoisotopic (exact) mass is 343 g/mol.